The number of amides is 1. The number of carbonyl (C=O) groups is 3. The monoisotopic (exact) mass is 227 g/mol. The summed E-state index contributed by atoms with van der Waals surface area (Å²) in [4.78, 5) is 32.0. The molecule has 88 valence electrons. The smallest absolute Gasteiger partial charge is 0.326 e. The van der Waals surface area contributed by atoms with Crippen molar-refractivity contribution in [3.63, 3.8) is 0 Å². The summed E-state index contributed by atoms with van der Waals surface area (Å²) in [6.07, 6.45) is 5.17. The second-order valence-electron chi connectivity index (χ2n) is 2.88. The Kier molecular flexibility index (Phi) is 6.27. The van der Waals surface area contributed by atoms with E-state index in [-0.39, 0.29) is 0 Å². The second-order valence-corrected chi connectivity index (χ2v) is 2.88. The van der Waals surface area contributed by atoms with Crippen LogP contribution in [0.1, 0.15) is 13.3 Å². The highest BCUT2D eigenvalue weighted by molar-refractivity contribution is 5.92. The van der Waals surface area contributed by atoms with E-state index < -0.39 is 30.3 Å². The lowest BCUT2D eigenvalue weighted by Crippen LogP contribution is -2.41. The van der Waals surface area contributed by atoms with E-state index in [1.807, 2.05) is 0 Å². The molecule has 1 atom stereocenters. The summed E-state index contributed by atoms with van der Waals surface area (Å²) >= 11 is 0. The van der Waals surface area contributed by atoms with Crippen LogP contribution in [-0.4, -0.2) is 34.1 Å². The maximum atomic E-state index is 11.1. The molecule has 0 aliphatic carbocycles. The molecule has 16 heavy (non-hydrogen) atoms. The van der Waals surface area contributed by atoms with Crippen molar-refractivity contribution in [3.05, 3.63) is 24.3 Å². The van der Waals surface area contributed by atoms with Gasteiger partial charge >= 0.3 is 11.9 Å². The summed E-state index contributed by atoms with van der Waals surface area (Å²) < 4.78 is 0. The Morgan fingerprint density at radius 1 is 1.25 bits per heavy atom. The van der Waals surface area contributed by atoms with E-state index in [1.165, 1.54) is 6.08 Å². The van der Waals surface area contributed by atoms with Crippen LogP contribution < -0.4 is 5.32 Å². The summed E-state index contributed by atoms with van der Waals surface area (Å²) in [5.41, 5.74) is 0. The molecule has 0 saturated heterocycles. The third-order valence-electron chi connectivity index (χ3n) is 1.54. The van der Waals surface area contributed by atoms with E-state index in [0.29, 0.717) is 0 Å². The Morgan fingerprint density at radius 2 is 1.88 bits per heavy atom. The van der Waals surface area contributed by atoms with Crippen molar-refractivity contribution in [2.45, 2.75) is 19.4 Å². The first kappa shape index (κ1) is 13.9. The quantitative estimate of drug-likeness (QED) is 0.443. The molecule has 6 nitrogen and oxygen atoms in total. The number of nitrogens with one attached hydrogen (secondary N) is 1. The standard InChI is InChI=1S/C10H13NO5/c1-2-3-4-5-8(12)11-7(10(15)16)6-9(13)14/h2-5,7H,6H2,1H3,(H,11,12)(H,13,14)(H,15,16)/b3-2+,5-4?. The van der Waals surface area contributed by atoms with E-state index in [1.54, 1.807) is 19.1 Å². The van der Waals surface area contributed by atoms with Gasteiger partial charge in [0.05, 0.1) is 6.42 Å². The summed E-state index contributed by atoms with van der Waals surface area (Å²) in [7, 11) is 0. The third kappa shape index (κ3) is 6.36. The lowest BCUT2D eigenvalue weighted by atomic mass is 10.2. The van der Waals surface area contributed by atoms with Crippen molar-refractivity contribution in [2.24, 2.45) is 0 Å². The van der Waals surface area contributed by atoms with E-state index >= 15 is 0 Å². The first-order chi connectivity index (χ1) is 7.47. The summed E-state index contributed by atoms with van der Waals surface area (Å²) in [6, 6.07) is -1.42. The highest BCUT2D eigenvalue weighted by Gasteiger charge is 2.21. The zero-order chi connectivity index (χ0) is 12.6. The number of carboxylic acids is 2. The number of carboxylic acid groups (broad SMARTS) is 2. The highest BCUT2D eigenvalue weighted by atomic mass is 16.4. The molecule has 3 N–H and O–H groups in total. The predicted octanol–water partition coefficient (Wildman–Crippen LogP) is 0.163. The van der Waals surface area contributed by atoms with Crippen molar-refractivity contribution in [1.29, 1.82) is 0 Å². The van der Waals surface area contributed by atoms with Crippen LogP contribution in [0.25, 0.3) is 0 Å². The first-order valence-electron chi connectivity index (χ1n) is 4.51. The molecule has 0 aromatic rings. The van der Waals surface area contributed by atoms with Gasteiger partial charge in [0.25, 0.3) is 0 Å². The van der Waals surface area contributed by atoms with Crippen LogP contribution in [0.15, 0.2) is 24.3 Å². The van der Waals surface area contributed by atoms with Gasteiger partial charge in [0, 0.05) is 6.08 Å². The molecule has 1 amide bonds. The fourth-order valence-electron chi connectivity index (χ4n) is 0.849. The largest absolute Gasteiger partial charge is 0.481 e. The van der Waals surface area contributed by atoms with Gasteiger partial charge in [-0.15, -0.1) is 0 Å². The Labute approximate surface area is 92.3 Å². The lowest BCUT2D eigenvalue weighted by molar-refractivity contribution is -0.146. The van der Waals surface area contributed by atoms with E-state index in [9.17, 15) is 14.4 Å². The van der Waals surface area contributed by atoms with Gasteiger partial charge in [-0.1, -0.05) is 18.2 Å². The minimum Gasteiger partial charge on any atom is -0.481 e. The lowest BCUT2D eigenvalue weighted by Gasteiger charge is -2.09. The predicted molar refractivity (Wildman–Crippen MR) is 55.8 cm³/mol. The van der Waals surface area contributed by atoms with E-state index in [0.717, 1.165) is 6.08 Å². The Morgan fingerprint density at radius 3 is 2.31 bits per heavy atom. The summed E-state index contributed by atoms with van der Waals surface area (Å²) in [6.45, 7) is 1.76. The molecule has 0 radical (unpaired) electrons. The average Bonchev–Trinajstić information content (AvgIpc) is 2.16. The molecule has 6 heteroatoms. The maximum absolute atomic E-state index is 11.1. The van der Waals surface area contributed by atoms with Crippen LogP contribution in [0.4, 0.5) is 0 Å². The maximum Gasteiger partial charge on any atom is 0.326 e. The molecule has 0 bridgehead atoms. The first-order valence-corrected chi connectivity index (χ1v) is 4.51. The van der Waals surface area contributed by atoms with Crippen LogP contribution in [0.3, 0.4) is 0 Å². The van der Waals surface area contributed by atoms with Crippen molar-refractivity contribution in [2.75, 3.05) is 0 Å². The van der Waals surface area contributed by atoms with Gasteiger partial charge in [0.1, 0.15) is 6.04 Å². The van der Waals surface area contributed by atoms with Gasteiger partial charge in [-0.25, -0.2) is 4.79 Å². The SMILES string of the molecule is C/C=C/C=CC(=O)NC(CC(=O)O)C(=O)O. The normalized spacial score (nSPS) is 12.8. The Hall–Kier alpha value is -2.11. The van der Waals surface area contributed by atoms with Crippen LogP contribution in [-0.2, 0) is 14.4 Å². The number of carbonyl (C=O) groups excluding carboxylic acids is 1. The number of hydrogen-bond acceptors (Lipinski definition) is 3. The van der Waals surface area contributed by atoms with E-state index in [2.05, 4.69) is 5.32 Å². The molecule has 0 rings (SSSR count). The summed E-state index contributed by atoms with van der Waals surface area (Å²) in [5.74, 6) is -3.31. The Balaban J connectivity index is 4.34. The van der Waals surface area contributed by atoms with Crippen LogP contribution in [0.2, 0.25) is 0 Å². The molecule has 0 aromatic heterocycles. The third-order valence-corrected chi connectivity index (χ3v) is 1.54. The van der Waals surface area contributed by atoms with Crippen molar-refractivity contribution >= 4 is 17.8 Å². The molecule has 0 saturated carbocycles. The zero-order valence-electron chi connectivity index (χ0n) is 8.71. The van der Waals surface area contributed by atoms with Gasteiger partial charge in [-0.3, -0.25) is 9.59 Å². The number of aliphatic carboxylic acids is 2. The van der Waals surface area contributed by atoms with Gasteiger partial charge in [-0.05, 0) is 6.92 Å². The molecule has 1 unspecified atom stereocenters. The van der Waals surface area contributed by atoms with Gasteiger partial charge in [0.15, 0.2) is 0 Å². The van der Waals surface area contributed by atoms with Gasteiger partial charge in [0.2, 0.25) is 5.91 Å². The van der Waals surface area contributed by atoms with Crippen molar-refractivity contribution in [3.8, 4) is 0 Å². The molecule has 0 aliphatic heterocycles. The van der Waals surface area contributed by atoms with Crippen molar-refractivity contribution in [1.82, 2.24) is 5.32 Å². The highest BCUT2D eigenvalue weighted by Crippen LogP contribution is 1.93. The molecule has 0 fully saturated rings. The molecule has 0 aromatic carbocycles. The van der Waals surface area contributed by atoms with Crippen LogP contribution in [0.5, 0.6) is 0 Å². The summed E-state index contributed by atoms with van der Waals surface area (Å²) in [5, 5.41) is 19.1. The number of allylic oxidation sites excluding steroid dienone is 3. The zero-order valence-corrected chi connectivity index (χ0v) is 8.71. The Bertz CT molecular complexity index is 332. The minimum atomic E-state index is -1.42. The van der Waals surface area contributed by atoms with Gasteiger partial charge < -0.3 is 15.5 Å². The molecule has 0 spiro atoms. The molecular weight excluding hydrogens is 214 g/mol. The topological polar surface area (TPSA) is 104 Å². The fourth-order valence-corrected chi connectivity index (χ4v) is 0.849. The van der Waals surface area contributed by atoms with Crippen LogP contribution in [0, 0.1) is 0 Å². The minimum absolute atomic E-state index is 0.647. The van der Waals surface area contributed by atoms with E-state index in [4.69, 9.17) is 10.2 Å². The second kappa shape index (κ2) is 7.22. The van der Waals surface area contributed by atoms with Crippen molar-refractivity contribution < 1.29 is 24.6 Å². The van der Waals surface area contributed by atoms with Gasteiger partial charge in [-0.2, -0.15) is 0 Å². The molecule has 0 aliphatic rings. The van der Waals surface area contributed by atoms with Crippen LogP contribution >= 0.6 is 0 Å². The molecule has 0 heterocycles. The number of rotatable bonds is 6. The fraction of sp³-hybridized carbons (Fsp3) is 0.300. The average molecular weight is 227 g/mol. The molecular formula is C10H13NO5. The number of hydrogen-bond donors (Lipinski definition) is 3.